The number of rotatable bonds is 3. The molecule has 0 amide bonds. The van der Waals surface area contributed by atoms with E-state index in [9.17, 15) is 9.59 Å². The van der Waals surface area contributed by atoms with Crippen molar-refractivity contribution < 1.29 is 14.3 Å². The summed E-state index contributed by atoms with van der Waals surface area (Å²) < 4.78 is 5.15. The van der Waals surface area contributed by atoms with E-state index in [4.69, 9.17) is 4.74 Å². The second kappa shape index (κ2) is 6.66. The first-order valence-electron chi connectivity index (χ1n) is 10.4. The quantitative estimate of drug-likeness (QED) is 0.421. The van der Waals surface area contributed by atoms with E-state index in [1.54, 1.807) is 0 Å². The van der Waals surface area contributed by atoms with Crippen molar-refractivity contribution in [3.05, 3.63) is 102 Å². The third-order valence-corrected chi connectivity index (χ3v) is 7.37. The Morgan fingerprint density at radius 3 is 2.30 bits per heavy atom. The number of ether oxygens (including phenoxy) is 1. The molecule has 6 rings (SSSR count). The van der Waals surface area contributed by atoms with Gasteiger partial charge in [0, 0.05) is 11.3 Å². The topological polar surface area (TPSA) is 43.4 Å². The number of Topliss-reactive ketones (excluding diaryl/α,β-unsaturated/α-hetero) is 1. The number of hydrogen-bond acceptors (Lipinski definition) is 3. The van der Waals surface area contributed by atoms with Gasteiger partial charge in [0.15, 0.2) is 5.78 Å². The highest BCUT2D eigenvalue weighted by atomic mass is 16.5. The lowest BCUT2D eigenvalue weighted by Gasteiger charge is -2.53. The third kappa shape index (κ3) is 2.15. The fourth-order valence-corrected chi connectivity index (χ4v) is 6.08. The zero-order valence-electron chi connectivity index (χ0n) is 17.2. The number of benzene rings is 2. The number of carbonyl (C=O) groups excluding carboxylic acids is 2. The van der Waals surface area contributed by atoms with E-state index in [0.717, 1.165) is 23.1 Å². The monoisotopic (exact) mass is 396 g/mol. The van der Waals surface area contributed by atoms with E-state index in [1.165, 1.54) is 7.11 Å². The van der Waals surface area contributed by atoms with Crippen LogP contribution in [0.2, 0.25) is 0 Å². The summed E-state index contributed by atoms with van der Waals surface area (Å²) in [5.74, 6) is -0.696. The van der Waals surface area contributed by atoms with Gasteiger partial charge in [-0.25, -0.2) is 4.79 Å². The zero-order chi connectivity index (χ0) is 20.9. The molecule has 0 heterocycles. The Morgan fingerprint density at radius 2 is 1.63 bits per heavy atom. The van der Waals surface area contributed by atoms with Crippen LogP contribution in [0.4, 0.5) is 0 Å². The summed E-state index contributed by atoms with van der Waals surface area (Å²) in [5, 5.41) is 0. The van der Waals surface area contributed by atoms with E-state index in [2.05, 4.69) is 43.4 Å². The Morgan fingerprint density at radius 1 is 0.967 bits per heavy atom. The van der Waals surface area contributed by atoms with Crippen molar-refractivity contribution in [1.29, 1.82) is 0 Å². The summed E-state index contributed by atoms with van der Waals surface area (Å²) in [6.07, 6.45) is 9.58. The molecule has 3 nitrogen and oxygen atoms in total. The Bertz CT molecular complexity index is 1110. The molecule has 0 N–H and O–H groups in total. The van der Waals surface area contributed by atoms with Gasteiger partial charge < -0.3 is 4.74 Å². The summed E-state index contributed by atoms with van der Waals surface area (Å²) in [7, 11) is 1.35. The minimum absolute atomic E-state index is 0.000995. The molecule has 0 saturated heterocycles. The molecule has 0 saturated carbocycles. The van der Waals surface area contributed by atoms with E-state index < -0.39 is 16.8 Å². The van der Waals surface area contributed by atoms with Gasteiger partial charge in [0.25, 0.3) is 0 Å². The number of ketones is 1. The van der Waals surface area contributed by atoms with Gasteiger partial charge in [-0.2, -0.15) is 0 Å². The van der Waals surface area contributed by atoms with Crippen LogP contribution in [-0.2, 0) is 19.7 Å². The molecule has 0 aliphatic heterocycles. The summed E-state index contributed by atoms with van der Waals surface area (Å²) in [6, 6.07) is 20.1. The molecule has 0 unspecified atom stereocenters. The zero-order valence-corrected chi connectivity index (χ0v) is 17.2. The highest BCUT2D eigenvalue weighted by Gasteiger charge is 2.69. The van der Waals surface area contributed by atoms with Gasteiger partial charge in [-0.05, 0) is 29.0 Å². The normalized spacial score (nSPS) is 31.6. The maximum Gasteiger partial charge on any atom is 0.341 e. The van der Waals surface area contributed by atoms with Crippen molar-refractivity contribution >= 4 is 17.3 Å². The molecule has 2 aromatic carbocycles. The maximum absolute atomic E-state index is 14.1. The second-order valence-electron chi connectivity index (χ2n) is 8.49. The molecular weight excluding hydrogens is 372 g/mol. The lowest BCUT2D eigenvalue weighted by molar-refractivity contribution is -0.139. The summed E-state index contributed by atoms with van der Waals surface area (Å²) in [5.41, 5.74) is 1.48. The number of esters is 1. The Hall–Kier alpha value is -3.20. The lowest BCUT2D eigenvalue weighted by atomic mass is 9.47. The first-order chi connectivity index (χ1) is 14.6. The highest BCUT2D eigenvalue weighted by Crippen LogP contribution is 2.68. The molecule has 0 spiro atoms. The van der Waals surface area contributed by atoms with Crippen LogP contribution in [0.1, 0.15) is 24.5 Å². The second-order valence-corrected chi connectivity index (χ2v) is 8.49. The molecule has 4 atom stereocenters. The highest BCUT2D eigenvalue weighted by molar-refractivity contribution is 6.30. The molecule has 0 aromatic heterocycles. The van der Waals surface area contributed by atoms with Gasteiger partial charge in [0.05, 0.1) is 12.5 Å². The van der Waals surface area contributed by atoms with Crippen molar-refractivity contribution in [1.82, 2.24) is 0 Å². The molecule has 4 aliphatic rings. The first-order valence-corrected chi connectivity index (χ1v) is 10.4. The van der Waals surface area contributed by atoms with E-state index in [1.807, 2.05) is 48.5 Å². The smallest absolute Gasteiger partial charge is 0.341 e. The SMILES string of the molecule is COC(=O)C1=C(c2ccccc2)[C@@]2(c3ccccc3)[C@@H]3C=CC[C@@H](C=C3)[C@@]2(C)C1=O. The van der Waals surface area contributed by atoms with Crippen LogP contribution in [0.25, 0.3) is 5.57 Å². The third-order valence-electron chi connectivity index (χ3n) is 7.37. The molecule has 0 radical (unpaired) electrons. The molecule has 0 fully saturated rings. The summed E-state index contributed by atoms with van der Waals surface area (Å²) in [4.78, 5) is 27.2. The fraction of sp³-hybridized carbons (Fsp3) is 0.259. The van der Waals surface area contributed by atoms with Gasteiger partial charge >= 0.3 is 5.97 Å². The molecule has 4 aliphatic carbocycles. The average molecular weight is 396 g/mol. The minimum Gasteiger partial charge on any atom is -0.465 e. The van der Waals surface area contributed by atoms with Gasteiger partial charge in [-0.3, -0.25) is 4.79 Å². The van der Waals surface area contributed by atoms with Crippen LogP contribution in [0.15, 0.2) is 90.5 Å². The van der Waals surface area contributed by atoms with Crippen molar-refractivity contribution in [2.75, 3.05) is 7.11 Å². The molecule has 150 valence electrons. The Balaban J connectivity index is 1.97. The fourth-order valence-electron chi connectivity index (χ4n) is 6.08. The minimum atomic E-state index is -0.786. The Kier molecular flexibility index (Phi) is 4.18. The predicted octanol–water partition coefficient (Wildman–Crippen LogP) is 4.90. The number of allylic oxidation sites excluding steroid dienone is 5. The summed E-state index contributed by atoms with van der Waals surface area (Å²) in [6.45, 7) is 2.05. The maximum atomic E-state index is 14.1. The number of methoxy groups -OCH3 is 1. The molecule has 3 heteroatoms. The summed E-state index contributed by atoms with van der Waals surface area (Å²) >= 11 is 0. The first kappa shape index (κ1) is 18.8. The molecular formula is C27H24O3. The van der Waals surface area contributed by atoms with Crippen molar-refractivity contribution in [2.45, 2.75) is 18.8 Å². The average Bonchev–Trinajstić information content (AvgIpc) is 2.98. The van der Waals surface area contributed by atoms with Gasteiger partial charge in [-0.15, -0.1) is 0 Å². The molecule has 2 aromatic rings. The van der Waals surface area contributed by atoms with Crippen LogP contribution >= 0.6 is 0 Å². The van der Waals surface area contributed by atoms with Gasteiger partial charge in [0.1, 0.15) is 5.57 Å². The van der Waals surface area contributed by atoms with Crippen molar-refractivity contribution in [2.24, 2.45) is 17.3 Å². The number of hydrogen-bond donors (Lipinski definition) is 0. The van der Waals surface area contributed by atoms with E-state index in [0.29, 0.717) is 0 Å². The number of carbonyl (C=O) groups is 2. The van der Waals surface area contributed by atoms with Crippen molar-refractivity contribution in [3.8, 4) is 0 Å². The van der Waals surface area contributed by atoms with Gasteiger partial charge in [-0.1, -0.05) is 91.9 Å². The van der Waals surface area contributed by atoms with E-state index >= 15 is 0 Å². The van der Waals surface area contributed by atoms with Crippen LogP contribution in [0.3, 0.4) is 0 Å². The van der Waals surface area contributed by atoms with Crippen LogP contribution in [0, 0.1) is 17.3 Å². The van der Waals surface area contributed by atoms with Gasteiger partial charge in [0.2, 0.25) is 0 Å². The molecule has 30 heavy (non-hydrogen) atoms. The van der Waals surface area contributed by atoms with Crippen molar-refractivity contribution in [3.63, 3.8) is 0 Å². The van der Waals surface area contributed by atoms with Crippen LogP contribution in [-0.4, -0.2) is 18.9 Å². The Labute approximate surface area is 176 Å². The van der Waals surface area contributed by atoms with Crippen LogP contribution < -0.4 is 0 Å². The lowest BCUT2D eigenvalue weighted by Crippen LogP contribution is -2.54. The standard InChI is InChI=1S/C27H24O3/c1-26-19-14-9-15-21(17-16-19)27(26,20-12-7-4-8-13-20)23(18-10-5-3-6-11-18)22(24(26)28)25(29)30-2/h3-13,15-17,19,21H,14H2,1-2H3/t19-,21+,26-,27+/m0/s1. The largest absolute Gasteiger partial charge is 0.465 e. The van der Waals surface area contributed by atoms with E-state index in [-0.39, 0.29) is 23.2 Å². The number of fused-ring (bicyclic) bond motifs is 1. The van der Waals surface area contributed by atoms with Crippen LogP contribution in [0.5, 0.6) is 0 Å². The molecule has 2 bridgehead atoms. The predicted molar refractivity (Wildman–Crippen MR) is 116 cm³/mol.